The summed E-state index contributed by atoms with van der Waals surface area (Å²) in [5, 5.41) is 19.8. The molecule has 58 heavy (non-hydrogen) atoms. The minimum atomic E-state index is -2.19. The summed E-state index contributed by atoms with van der Waals surface area (Å²) in [4.78, 5) is 4.10. The van der Waals surface area contributed by atoms with E-state index in [4.69, 9.17) is 0 Å². The molecule has 0 aliphatic carbocycles. The average Bonchev–Trinajstić information content (AvgIpc) is 3.15. The lowest BCUT2D eigenvalue weighted by Crippen LogP contribution is -2.43. The molecule has 0 spiro atoms. The number of anilines is 2. The zero-order valence-electron chi connectivity index (χ0n) is 37.9. The first-order chi connectivity index (χ1) is 27.3. The normalized spacial score (nSPS) is 10.5. The topological polar surface area (TPSA) is 54.1 Å². The third-order valence-corrected chi connectivity index (χ3v) is 23.7. The number of benzene rings is 2. The Morgan fingerprint density at radius 3 is 0.948 bits per heavy atom. The molecule has 0 atom stereocenters. The van der Waals surface area contributed by atoms with Gasteiger partial charge in [0.15, 0.2) is 5.57 Å². The highest BCUT2D eigenvalue weighted by Crippen LogP contribution is 2.42. The summed E-state index contributed by atoms with van der Waals surface area (Å²) in [6.45, 7) is 27.0. The van der Waals surface area contributed by atoms with E-state index in [1.165, 1.54) is 0 Å². The van der Waals surface area contributed by atoms with Crippen LogP contribution in [0.15, 0.2) is 70.8 Å². The lowest BCUT2D eigenvalue weighted by Gasteiger charge is -2.38. The molecule has 0 saturated heterocycles. The lowest BCUT2D eigenvalue weighted by molar-refractivity contribution is 0.838. The highest BCUT2D eigenvalue weighted by molar-refractivity contribution is 6.91. The van der Waals surface area contributed by atoms with Gasteiger partial charge in [-0.25, -0.2) is 0 Å². The second-order valence-electron chi connectivity index (χ2n) is 16.9. The van der Waals surface area contributed by atoms with Crippen LogP contribution in [0.4, 0.5) is 11.4 Å². The first-order valence-corrected chi connectivity index (χ1v) is 24.7. The molecule has 0 aliphatic heterocycles. The van der Waals surface area contributed by atoms with Gasteiger partial charge in [0.2, 0.25) is 0 Å². The molecule has 4 nitrogen and oxygen atoms in total. The summed E-state index contributed by atoms with van der Waals surface area (Å²) < 4.78 is 0. The van der Waals surface area contributed by atoms with Crippen LogP contribution in [0.2, 0.25) is 33.2 Å². The third-order valence-electron chi connectivity index (χ3n) is 11.1. The Morgan fingerprint density at radius 1 is 0.414 bits per heavy atom. The molecule has 0 amide bonds. The number of nitrogens with zero attached hydrogens (tertiary/aromatic N) is 4. The van der Waals surface area contributed by atoms with Crippen molar-refractivity contribution < 1.29 is 0 Å². The molecular formula is C52H62N4Si2. The summed E-state index contributed by atoms with van der Waals surface area (Å²) >= 11 is 0. The van der Waals surface area contributed by atoms with Gasteiger partial charge < -0.3 is 9.80 Å². The second-order valence-corrected chi connectivity index (χ2v) is 28.1. The second kappa shape index (κ2) is 22.3. The fraction of sp³-hybridized carbons (Fsp3) is 0.423. The van der Waals surface area contributed by atoms with Crippen LogP contribution in [-0.4, -0.2) is 44.3 Å². The summed E-state index contributed by atoms with van der Waals surface area (Å²) in [5.74, 6) is 32.3. The molecule has 0 aromatic heterocycles. The minimum absolute atomic E-state index is 0.115. The van der Waals surface area contributed by atoms with Gasteiger partial charge in [-0.05, 0) is 105 Å². The molecule has 0 aliphatic rings. The van der Waals surface area contributed by atoms with Gasteiger partial charge in [-0.3, -0.25) is 0 Å². The number of rotatable bonds is 8. The zero-order chi connectivity index (χ0) is 43.8. The molecule has 0 bridgehead atoms. The number of hydrogen-bond donors (Lipinski definition) is 0. The summed E-state index contributed by atoms with van der Waals surface area (Å²) in [7, 11) is 3.68. The molecule has 0 fully saturated rings. The van der Waals surface area contributed by atoms with E-state index >= 15 is 0 Å². The quantitative estimate of drug-likeness (QED) is 0.152. The van der Waals surface area contributed by atoms with Crippen molar-refractivity contribution in [3.8, 4) is 82.4 Å². The number of nitriles is 2. The third kappa shape index (κ3) is 12.4. The molecule has 2 aromatic rings. The average molecular weight is 799 g/mol. The van der Waals surface area contributed by atoms with Gasteiger partial charge in [-0.1, -0.05) is 119 Å². The molecule has 2 rings (SSSR count). The van der Waals surface area contributed by atoms with Crippen molar-refractivity contribution >= 4 is 27.5 Å². The van der Waals surface area contributed by atoms with Crippen molar-refractivity contribution in [2.75, 3.05) is 38.0 Å². The van der Waals surface area contributed by atoms with Crippen LogP contribution in [-0.2, 0) is 0 Å². The Balaban J connectivity index is 3.11. The fourth-order valence-corrected chi connectivity index (χ4v) is 18.4. The van der Waals surface area contributed by atoms with Crippen LogP contribution in [0.25, 0.3) is 0 Å². The van der Waals surface area contributed by atoms with Gasteiger partial charge in [0.25, 0.3) is 0 Å². The van der Waals surface area contributed by atoms with Crippen molar-refractivity contribution in [2.24, 2.45) is 0 Å². The van der Waals surface area contributed by atoms with Gasteiger partial charge in [0, 0.05) is 50.7 Å². The van der Waals surface area contributed by atoms with Crippen LogP contribution in [0.1, 0.15) is 94.2 Å². The lowest BCUT2D eigenvalue weighted by atomic mass is 10.1. The predicted octanol–water partition coefficient (Wildman–Crippen LogP) is 11.3. The van der Waals surface area contributed by atoms with E-state index in [1.807, 2.05) is 98.7 Å². The monoisotopic (exact) mass is 798 g/mol. The minimum Gasteiger partial charge on any atom is -0.378 e. The van der Waals surface area contributed by atoms with E-state index in [0.717, 1.165) is 22.5 Å². The largest absolute Gasteiger partial charge is 0.378 e. The Bertz CT molecular complexity index is 2170. The van der Waals surface area contributed by atoms with Crippen LogP contribution >= 0.6 is 0 Å². The first kappa shape index (κ1) is 48.4. The van der Waals surface area contributed by atoms with Gasteiger partial charge in [0.05, 0.1) is 11.1 Å². The Labute approximate surface area is 355 Å². The number of allylic oxidation sites excluding steroid dienone is 4. The van der Waals surface area contributed by atoms with E-state index in [2.05, 4.69) is 153 Å². The summed E-state index contributed by atoms with van der Waals surface area (Å²) in [6, 6.07) is 20.2. The van der Waals surface area contributed by atoms with Gasteiger partial charge >= 0.3 is 0 Å². The maximum atomic E-state index is 9.89. The van der Waals surface area contributed by atoms with Crippen molar-refractivity contribution in [1.29, 1.82) is 10.5 Å². The van der Waals surface area contributed by atoms with Crippen molar-refractivity contribution in [3.05, 3.63) is 82.0 Å². The van der Waals surface area contributed by atoms with E-state index in [1.54, 1.807) is 0 Å². The van der Waals surface area contributed by atoms with Gasteiger partial charge in [-0.2, -0.15) is 10.5 Å². The molecular weight excluding hydrogens is 737 g/mol. The molecule has 0 radical (unpaired) electrons. The Kier molecular flexibility index (Phi) is 18.6. The van der Waals surface area contributed by atoms with Gasteiger partial charge in [-0.15, -0.1) is 11.1 Å². The fourth-order valence-electron chi connectivity index (χ4n) is 7.96. The SMILES string of the molecule is CC(C)[Si](C#CC(C#CC#CC(C#C[Si](C(C)C)(C(C)C)C(C)C)=C(C#Cc1ccc(N(C)C)cc1)C#Cc1ccc(N(C)C)cc1)=C(C#N)C#N)(C(C)C)C(C)C. The summed E-state index contributed by atoms with van der Waals surface area (Å²) in [6.07, 6.45) is 0. The number of hydrogen-bond acceptors (Lipinski definition) is 4. The van der Waals surface area contributed by atoms with Crippen LogP contribution in [0, 0.1) is 93.0 Å². The molecule has 0 saturated carbocycles. The summed E-state index contributed by atoms with van der Waals surface area (Å²) in [5.41, 5.74) is 14.7. The van der Waals surface area contributed by atoms with Crippen LogP contribution in [0.5, 0.6) is 0 Å². The molecule has 2 aromatic carbocycles. The zero-order valence-corrected chi connectivity index (χ0v) is 39.9. The molecule has 0 heterocycles. The molecule has 6 heteroatoms. The maximum absolute atomic E-state index is 9.89. The standard InChI is InChI=1S/C52H62N4Si2/c1-39(2)57(40(3)4,41(5)6)35-33-47(19-17-18-20-48(50(37-53)38-54)34-36-58(42(7)8,43(9)10)44(11)12)49(27-21-45-23-29-51(30-24-45)55(13)14)28-22-46-25-31-52(32-26-46)56(15)16/h23-26,29-32,39-44H,1-16H3. The van der Waals surface area contributed by atoms with Crippen molar-refractivity contribution in [2.45, 2.75) is 116 Å². The van der Waals surface area contributed by atoms with Crippen molar-refractivity contribution in [1.82, 2.24) is 0 Å². The van der Waals surface area contributed by atoms with E-state index < -0.39 is 16.1 Å². The highest BCUT2D eigenvalue weighted by Gasteiger charge is 2.42. The van der Waals surface area contributed by atoms with E-state index in [9.17, 15) is 10.5 Å². The smallest absolute Gasteiger partial charge is 0.153 e. The maximum Gasteiger partial charge on any atom is 0.153 e. The highest BCUT2D eigenvalue weighted by atomic mass is 28.3. The van der Waals surface area contributed by atoms with E-state index in [0.29, 0.717) is 44.4 Å². The van der Waals surface area contributed by atoms with Crippen molar-refractivity contribution in [3.63, 3.8) is 0 Å². The Morgan fingerprint density at radius 2 is 0.690 bits per heavy atom. The molecule has 0 N–H and O–H groups in total. The predicted molar refractivity (Wildman–Crippen MR) is 254 cm³/mol. The van der Waals surface area contributed by atoms with E-state index in [-0.39, 0.29) is 11.1 Å². The van der Waals surface area contributed by atoms with Crippen LogP contribution < -0.4 is 9.80 Å². The molecule has 0 unspecified atom stereocenters. The Hall–Kier alpha value is -5.71. The van der Waals surface area contributed by atoms with Gasteiger partial charge in [0.1, 0.15) is 33.9 Å². The molecule has 298 valence electrons. The first-order valence-electron chi connectivity index (χ1n) is 20.2. The van der Waals surface area contributed by atoms with Crippen LogP contribution in [0.3, 0.4) is 0 Å².